The zero-order valence-corrected chi connectivity index (χ0v) is 18.2. The van der Waals surface area contributed by atoms with Gasteiger partial charge in [-0.25, -0.2) is 0 Å². The Bertz CT molecular complexity index is 251. The van der Waals surface area contributed by atoms with E-state index in [0.717, 1.165) is 0 Å². The van der Waals surface area contributed by atoms with Crippen molar-refractivity contribution in [2.24, 2.45) is 0 Å². The lowest BCUT2D eigenvalue weighted by molar-refractivity contribution is 0.528. The van der Waals surface area contributed by atoms with Crippen LogP contribution in [0.25, 0.3) is 0 Å². The molecule has 0 heterocycles. The quantitative estimate of drug-likeness (QED) is 0.160. The molecule has 25 heavy (non-hydrogen) atoms. The van der Waals surface area contributed by atoms with Gasteiger partial charge in [-0.1, -0.05) is 115 Å². The standard InChI is InChI=1S/C23H44.C2H6/c1-4-5-6-7-8-9-10-11-12-13-14-15-16-17-18-19-20-21-22-23(2)3;1-2/h4H,1-2,5-22H2,3H3;1-2H3. The lowest BCUT2D eigenvalue weighted by Gasteiger charge is -2.04. The van der Waals surface area contributed by atoms with E-state index in [0.29, 0.717) is 0 Å². The molecule has 0 nitrogen and oxygen atoms in total. The smallest absolute Gasteiger partial charge is 0.0326 e. The van der Waals surface area contributed by atoms with Gasteiger partial charge in [-0.2, -0.15) is 0 Å². The Kier molecular flexibility index (Phi) is 27.5. The Balaban J connectivity index is 0. The number of allylic oxidation sites excluding steroid dienone is 2. The van der Waals surface area contributed by atoms with Crippen molar-refractivity contribution < 1.29 is 0 Å². The topological polar surface area (TPSA) is 0 Å². The molecule has 0 aliphatic heterocycles. The summed E-state index contributed by atoms with van der Waals surface area (Å²) in [5.74, 6) is 0. The summed E-state index contributed by atoms with van der Waals surface area (Å²) in [5, 5.41) is 0. The van der Waals surface area contributed by atoms with Gasteiger partial charge in [0.2, 0.25) is 0 Å². The Morgan fingerprint density at radius 1 is 0.560 bits per heavy atom. The first-order valence-electron chi connectivity index (χ1n) is 11.5. The fourth-order valence-corrected chi connectivity index (χ4v) is 3.19. The zero-order valence-electron chi connectivity index (χ0n) is 18.2. The van der Waals surface area contributed by atoms with Crippen molar-refractivity contribution in [1.82, 2.24) is 0 Å². The number of unbranched alkanes of at least 4 members (excludes halogenated alkanes) is 16. The molecule has 150 valence electrons. The van der Waals surface area contributed by atoms with E-state index in [1.54, 1.807) is 0 Å². The van der Waals surface area contributed by atoms with Crippen LogP contribution in [-0.4, -0.2) is 0 Å². The third-order valence-corrected chi connectivity index (χ3v) is 4.76. The summed E-state index contributed by atoms with van der Waals surface area (Å²) in [6.07, 6.45) is 27.4. The van der Waals surface area contributed by atoms with E-state index in [2.05, 4.69) is 20.1 Å². The molecule has 0 atom stereocenters. The van der Waals surface area contributed by atoms with Crippen molar-refractivity contribution in [3.8, 4) is 0 Å². The van der Waals surface area contributed by atoms with Crippen LogP contribution in [0, 0.1) is 0 Å². The largest absolute Gasteiger partial charge is 0.103 e. The van der Waals surface area contributed by atoms with Gasteiger partial charge in [-0.15, -0.1) is 13.2 Å². The molecule has 0 bridgehead atoms. The Labute approximate surface area is 161 Å². The molecule has 0 radical (unpaired) electrons. The van der Waals surface area contributed by atoms with E-state index < -0.39 is 0 Å². The van der Waals surface area contributed by atoms with Gasteiger partial charge in [0.25, 0.3) is 0 Å². The minimum atomic E-state index is 1.20. The molecule has 0 unspecified atom stereocenters. The van der Waals surface area contributed by atoms with E-state index in [1.165, 1.54) is 121 Å². The van der Waals surface area contributed by atoms with Crippen molar-refractivity contribution in [3.05, 3.63) is 24.8 Å². The lowest BCUT2D eigenvalue weighted by atomic mass is 10.0. The highest BCUT2D eigenvalue weighted by Gasteiger charge is 1.95. The van der Waals surface area contributed by atoms with E-state index in [1.807, 2.05) is 19.9 Å². The molecule has 0 saturated heterocycles. The van der Waals surface area contributed by atoms with Crippen molar-refractivity contribution in [1.29, 1.82) is 0 Å². The van der Waals surface area contributed by atoms with E-state index in [9.17, 15) is 0 Å². The molecule has 0 aliphatic carbocycles. The maximum atomic E-state index is 3.97. The van der Waals surface area contributed by atoms with Crippen LogP contribution in [0.3, 0.4) is 0 Å². The summed E-state index contributed by atoms with van der Waals surface area (Å²) in [4.78, 5) is 0. The average molecular weight is 351 g/mol. The van der Waals surface area contributed by atoms with Crippen LogP contribution >= 0.6 is 0 Å². The van der Waals surface area contributed by atoms with Crippen LogP contribution in [0.4, 0.5) is 0 Å². The second-order valence-electron chi connectivity index (χ2n) is 7.44. The maximum Gasteiger partial charge on any atom is -0.0326 e. The molecular formula is C25H50. The summed E-state index contributed by atoms with van der Waals surface area (Å²) in [5.41, 5.74) is 1.35. The van der Waals surface area contributed by atoms with Gasteiger partial charge < -0.3 is 0 Å². The average Bonchev–Trinajstić information content (AvgIpc) is 2.62. The molecule has 0 aromatic carbocycles. The summed E-state index contributed by atoms with van der Waals surface area (Å²) in [6, 6.07) is 0. The Hall–Kier alpha value is -0.520. The normalized spacial score (nSPS) is 10.2. The minimum Gasteiger partial charge on any atom is -0.103 e. The molecule has 0 N–H and O–H groups in total. The Morgan fingerprint density at radius 2 is 0.840 bits per heavy atom. The van der Waals surface area contributed by atoms with Gasteiger partial charge in [0.1, 0.15) is 0 Å². The fourth-order valence-electron chi connectivity index (χ4n) is 3.19. The van der Waals surface area contributed by atoms with E-state index in [-0.39, 0.29) is 0 Å². The van der Waals surface area contributed by atoms with Gasteiger partial charge in [0, 0.05) is 0 Å². The molecule has 0 rings (SSSR count). The number of hydrogen-bond donors (Lipinski definition) is 0. The molecule has 0 aromatic rings. The van der Waals surface area contributed by atoms with Crippen LogP contribution in [-0.2, 0) is 0 Å². The second kappa shape index (κ2) is 25.7. The third kappa shape index (κ3) is 28.5. The first-order chi connectivity index (χ1) is 12.3. The van der Waals surface area contributed by atoms with Crippen molar-refractivity contribution in [2.45, 2.75) is 136 Å². The monoisotopic (exact) mass is 350 g/mol. The molecule has 0 heteroatoms. The molecule has 0 aliphatic rings. The molecule has 0 fully saturated rings. The van der Waals surface area contributed by atoms with E-state index >= 15 is 0 Å². The van der Waals surface area contributed by atoms with Gasteiger partial charge >= 0.3 is 0 Å². The van der Waals surface area contributed by atoms with Gasteiger partial charge in [0.15, 0.2) is 0 Å². The lowest BCUT2D eigenvalue weighted by Crippen LogP contribution is -1.84. The van der Waals surface area contributed by atoms with Crippen LogP contribution in [0.15, 0.2) is 24.8 Å². The molecule has 0 amide bonds. The molecular weight excluding hydrogens is 300 g/mol. The molecule has 0 aromatic heterocycles. The summed E-state index contributed by atoms with van der Waals surface area (Å²) in [7, 11) is 0. The molecule has 0 spiro atoms. The van der Waals surface area contributed by atoms with Crippen LogP contribution in [0.2, 0.25) is 0 Å². The van der Waals surface area contributed by atoms with Crippen LogP contribution in [0.1, 0.15) is 136 Å². The summed E-state index contributed by atoms with van der Waals surface area (Å²) < 4.78 is 0. The Morgan fingerprint density at radius 3 is 1.12 bits per heavy atom. The highest BCUT2D eigenvalue weighted by atomic mass is 14.0. The summed E-state index contributed by atoms with van der Waals surface area (Å²) >= 11 is 0. The van der Waals surface area contributed by atoms with Crippen molar-refractivity contribution in [3.63, 3.8) is 0 Å². The minimum absolute atomic E-state index is 1.20. The van der Waals surface area contributed by atoms with Gasteiger partial charge in [0.05, 0.1) is 0 Å². The SMILES string of the molecule is C=CCCCCCCCCCCCCCCCCCCC(=C)C.CC. The maximum absolute atomic E-state index is 3.97. The third-order valence-electron chi connectivity index (χ3n) is 4.76. The summed E-state index contributed by atoms with van der Waals surface area (Å²) in [6.45, 7) is 13.9. The predicted molar refractivity (Wildman–Crippen MR) is 119 cm³/mol. The zero-order chi connectivity index (χ0) is 19.0. The second-order valence-corrected chi connectivity index (χ2v) is 7.44. The highest BCUT2D eigenvalue weighted by molar-refractivity contribution is 4.86. The van der Waals surface area contributed by atoms with E-state index in [4.69, 9.17) is 0 Å². The highest BCUT2D eigenvalue weighted by Crippen LogP contribution is 2.14. The van der Waals surface area contributed by atoms with Gasteiger partial charge in [-0.3, -0.25) is 0 Å². The number of rotatable bonds is 19. The first-order valence-corrected chi connectivity index (χ1v) is 11.5. The molecule has 0 saturated carbocycles. The number of hydrogen-bond acceptors (Lipinski definition) is 0. The van der Waals surface area contributed by atoms with Crippen LogP contribution < -0.4 is 0 Å². The van der Waals surface area contributed by atoms with Crippen LogP contribution in [0.5, 0.6) is 0 Å². The predicted octanol–water partition coefficient (Wildman–Crippen LogP) is 9.80. The first kappa shape index (κ1) is 26.7. The van der Waals surface area contributed by atoms with Crippen molar-refractivity contribution in [2.75, 3.05) is 0 Å². The van der Waals surface area contributed by atoms with Crippen molar-refractivity contribution >= 4 is 0 Å². The van der Waals surface area contributed by atoms with Gasteiger partial charge in [-0.05, 0) is 32.6 Å². The fraction of sp³-hybridized carbons (Fsp3) is 0.840.